The third-order valence-corrected chi connectivity index (χ3v) is 3.72. The van der Waals surface area contributed by atoms with Crippen LogP contribution < -0.4 is 10.1 Å². The zero-order chi connectivity index (χ0) is 15.8. The van der Waals surface area contributed by atoms with Gasteiger partial charge < -0.3 is 15.2 Å². The van der Waals surface area contributed by atoms with Crippen LogP contribution in [0, 0.1) is 0 Å². The lowest BCUT2D eigenvalue weighted by atomic mass is 10.0. The Morgan fingerprint density at radius 3 is 2.41 bits per heavy atom. The summed E-state index contributed by atoms with van der Waals surface area (Å²) in [7, 11) is 0. The molecular weight excluding hydrogens is 298 g/mol. The topological polar surface area (TPSA) is 41.5 Å². The highest BCUT2D eigenvalue weighted by Crippen LogP contribution is 2.19. The standard InChI is InChI=1S/C18H22ClNO2/c1-2-18(14-8-10-15(19)11-9-14)20-12-16(21)13-22-17-6-4-3-5-7-17/h3-11,16,18,20-21H,2,12-13H2,1H3. The highest BCUT2D eigenvalue weighted by Gasteiger charge is 2.12. The van der Waals surface area contributed by atoms with E-state index in [1.165, 1.54) is 5.56 Å². The monoisotopic (exact) mass is 319 g/mol. The molecule has 0 saturated carbocycles. The molecule has 0 aliphatic carbocycles. The van der Waals surface area contributed by atoms with Crippen molar-refractivity contribution < 1.29 is 9.84 Å². The number of aliphatic hydroxyl groups is 1. The largest absolute Gasteiger partial charge is 0.491 e. The van der Waals surface area contributed by atoms with Crippen molar-refractivity contribution in [3.05, 3.63) is 65.2 Å². The summed E-state index contributed by atoms with van der Waals surface area (Å²) < 4.78 is 5.55. The fourth-order valence-electron chi connectivity index (χ4n) is 2.24. The van der Waals surface area contributed by atoms with Crippen LogP contribution in [0.15, 0.2) is 54.6 Å². The minimum Gasteiger partial charge on any atom is -0.491 e. The molecule has 0 amide bonds. The number of nitrogens with one attached hydrogen (secondary N) is 1. The number of para-hydroxylation sites is 1. The average molecular weight is 320 g/mol. The molecule has 0 aliphatic heterocycles. The zero-order valence-electron chi connectivity index (χ0n) is 12.7. The third kappa shape index (κ3) is 5.34. The van der Waals surface area contributed by atoms with Gasteiger partial charge in [0.15, 0.2) is 0 Å². The van der Waals surface area contributed by atoms with Gasteiger partial charge in [0.2, 0.25) is 0 Å². The summed E-state index contributed by atoms with van der Waals surface area (Å²) in [5, 5.41) is 14.1. The summed E-state index contributed by atoms with van der Waals surface area (Å²) in [5.41, 5.74) is 1.17. The van der Waals surface area contributed by atoms with Gasteiger partial charge in [-0.3, -0.25) is 0 Å². The lowest BCUT2D eigenvalue weighted by Crippen LogP contribution is -2.33. The van der Waals surface area contributed by atoms with E-state index in [0.29, 0.717) is 6.54 Å². The van der Waals surface area contributed by atoms with Crippen LogP contribution in [0.4, 0.5) is 0 Å². The quantitative estimate of drug-likeness (QED) is 0.777. The van der Waals surface area contributed by atoms with Gasteiger partial charge in [0.1, 0.15) is 18.5 Å². The van der Waals surface area contributed by atoms with E-state index in [1.807, 2.05) is 54.6 Å². The molecule has 0 bridgehead atoms. The van der Waals surface area contributed by atoms with Crippen molar-refractivity contribution in [2.24, 2.45) is 0 Å². The SMILES string of the molecule is CCC(NCC(O)COc1ccccc1)c1ccc(Cl)cc1. The van der Waals surface area contributed by atoms with Crippen LogP contribution in [-0.4, -0.2) is 24.4 Å². The minimum atomic E-state index is -0.554. The van der Waals surface area contributed by atoms with Gasteiger partial charge in [0, 0.05) is 17.6 Å². The van der Waals surface area contributed by atoms with Crippen molar-refractivity contribution >= 4 is 11.6 Å². The van der Waals surface area contributed by atoms with Crippen LogP contribution in [0.5, 0.6) is 5.75 Å². The molecule has 2 atom stereocenters. The van der Waals surface area contributed by atoms with Crippen LogP contribution in [0.25, 0.3) is 0 Å². The average Bonchev–Trinajstić information content (AvgIpc) is 2.56. The Morgan fingerprint density at radius 1 is 1.09 bits per heavy atom. The van der Waals surface area contributed by atoms with E-state index in [9.17, 15) is 5.11 Å². The summed E-state index contributed by atoms with van der Waals surface area (Å²) in [6, 6.07) is 17.5. The van der Waals surface area contributed by atoms with Crippen LogP contribution in [-0.2, 0) is 0 Å². The maximum absolute atomic E-state index is 10.0. The molecule has 4 heteroatoms. The molecule has 118 valence electrons. The van der Waals surface area contributed by atoms with Crippen LogP contribution in [0.2, 0.25) is 5.02 Å². The summed E-state index contributed by atoms with van der Waals surface area (Å²) in [6.45, 7) is 2.86. The first kappa shape index (κ1) is 16.8. The van der Waals surface area contributed by atoms with E-state index in [4.69, 9.17) is 16.3 Å². The number of benzene rings is 2. The Kier molecular flexibility index (Phi) is 6.72. The Hall–Kier alpha value is -1.55. The summed E-state index contributed by atoms with van der Waals surface area (Å²) in [4.78, 5) is 0. The Labute approximate surface area is 136 Å². The molecule has 2 aromatic carbocycles. The fraction of sp³-hybridized carbons (Fsp3) is 0.333. The van der Waals surface area contributed by atoms with Crippen molar-refractivity contribution in [2.75, 3.05) is 13.2 Å². The van der Waals surface area contributed by atoms with Crippen molar-refractivity contribution in [3.8, 4) is 5.75 Å². The highest BCUT2D eigenvalue weighted by molar-refractivity contribution is 6.30. The number of hydrogen-bond donors (Lipinski definition) is 2. The van der Waals surface area contributed by atoms with Crippen LogP contribution in [0.1, 0.15) is 24.9 Å². The Morgan fingerprint density at radius 2 is 1.77 bits per heavy atom. The molecule has 0 heterocycles. The third-order valence-electron chi connectivity index (χ3n) is 3.47. The van der Waals surface area contributed by atoms with Gasteiger partial charge in [0.25, 0.3) is 0 Å². The van der Waals surface area contributed by atoms with Gasteiger partial charge >= 0.3 is 0 Å². The second-order valence-electron chi connectivity index (χ2n) is 5.20. The lowest BCUT2D eigenvalue weighted by Gasteiger charge is -2.20. The Balaban J connectivity index is 1.78. The van der Waals surface area contributed by atoms with Gasteiger partial charge in [0.05, 0.1) is 0 Å². The van der Waals surface area contributed by atoms with Crippen molar-refractivity contribution in [1.29, 1.82) is 0 Å². The molecule has 2 aromatic rings. The van der Waals surface area contributed by atoms with E-state index in [0.717, 1.165) is 17.2 Å². The normalized spacial score (nSPS) is 13.6. The highest BCUT2D eigenvalue weighted by atomic mass is 35.5. The van der Waals surface area contributed by atoms with Gasteiger partial charge in [-0.2, -0.15) is 0 Å². The molecule has 0 aliphatic rings. The van der Waals surface area contributed by atoms with Crippen molar-refractivity contribution in [3.63, 3.8) is 0 Å². The minimum absolute atomic E-state index is 0.198. The number of hydrogen-bond acceptors (Lipinski definition) is 3. The molecule has 22 heavy (non-hydrogen) atoms. The predicted octanol–water partition coefficient (Wildman–Crippen LogP) is 3.82. The molecule has 0 spiro atoms. The first-order chi connectivity index (χ1) is 10.7. The second-order valence-corrected chi connectivity index (χ2v) is 5.63. The van der Waals surface area contributed by atoms with Crippen LogP contribution in [0.3, 0.4) is 0 Å². The van der Waals surface area contributed by atoms with E-state index in [1.54, 1.807) is 0 Å². The van der Waals surface area contributed by atoms with Crippen molar-refractivity contribution in [2.45, 2.75) is 25.5 Å². The smallest absolute Gasteiger partial charge is 0.119 e. The zero-order valence-corrected chi connectivity index (χ0v) is 13.5. The number of halogens is 1. The fourth-order valence-corrected chi connectivity index (χ4v) is 2.37. The lowest BCUT2D eigenvalue weighted by molar-refractivity contribution is 0.103. The second kappa shape index (κ2) is 8.79. The van der Waals surface area contributed by atoms with Crippen LogP contribution >= 0.6 is 11.6 Å². The molecule has 2 rings (SSSR count). The van der Waals surface area contributed by atoms with Gasteiger partial charge in [-0.25, -0.2) is 0 Å². The van der Waals surface area contributed by atoms with E-state index < -0.39 is 6.10 Å². The van der Waals surface area contributed by atoms with Crippen molar-refractivity contribution in [1.82, 2.24) is 5.32 Å². The Bertz CT molecular complexity index is 545. The van der Waals surface area contributed by atoms with E-state index >= 15 is 0 Å². The number of rotatable bonds is 8. The summed E-state index contributed by atoms with van der Waals surface area (Å²) in [6.07, 6.45) is 0.384. The summed E-state index contributed by atoms with van der Waals surface area (Å²) >= 11 is 5.91. The molecule has 0 fully saturated rings. The van der Waals surface area contributed by atoms with Gasteiger partial charge in [-0.1, -0.05) is 48.9 Å². The van der Waals surface area contributed by atoms with Gasteiger partial charge in [-0.05, 0) is 36.2 Å². The molecule has 2 unspecified atom stereocenters. The number of ether oxygens (including phenoxy) is 1. The molecule has 0 radical (unpaired) electrons. The predicted molar refractivity (Wildman–Crippen MR) is 90.4 cm³/mol. The number of aliphatic hydroxyl groups excluding tert-OH is 1. The maximum atomic E-state index is 10.0. The maximum Gasteiger partial charge on any atom is 0.119 e. The molecule has 2 N–H and O–H groups in total. The summed E-state index contributed by atoms with van der Waals surface area (Å²) in [5.74, 6) is 0.770. The first-order valence-electron chi connectivity index (χ1n) is 7.53. The molecular formula is C18H22ClNO2. The van der Waals surface area contributed by atoms with E-state index in [-0.39, 0.29) is 12.6 Å². The molecule has 0 saturated heterocycles. The van der Waals surface area contributed by atoms with Gasteiger partial charge in [-0.15, -0.1) is 0 Å². The van der Waals surface area contributed by atoms with E-state index in [2.05, 4.69) is 12.2 Å². The molecule has 0 aromatic heterocycles. The first-order valence-corrected chi connectivity index (χ1v) is 7.91. The molecule has 3 nitrogen and oxygen atoms in total.